The lowest BCUT2D eigenvalue weighted by Gasteiger charge is -2.38. The first-order valence-electron chi connectivity index (χ1n) is 5.73. The minimum Gasteiger partial charge on any atom is -0.479 e. The van der Waals surface area contributed by atoms with Crippen molar-refractivity contribution in [2.75, 3.05) is 13.1 Å². The zero-order chi connectivity index (χ0) is 13.1. The maximum Gasteiger partial charge on any atom is 0.337 e. The minimum atomic E-state index is -1.93. The summed E-state index contributed by atoms with van der Waals surface area (Å²) >= 11 is 0. The summed E-state index contributed by atoms with van der Waals surface area (Å²) in [5.74, 6) is -1.36. The fourth-order valence-electron chi connectivity index (χ4n) is 1.64. The summed E-state index contributed by atoms with van der Waals surface area (Å²) in [7, 11) is 0. The van der Waals surface area contributed by atoms with Crippen LogP contribution < -0.4 is 10.6 Å². The van der Waals surface area contributed by atoms with Crippen molar-refractivity contribution in [2.24, 2.45) is 5.41 Å². The van der Waals surface area contributed by atoms with Gasteiger partial charge in [0.2, 0.25) is 0 Å². The monoisotopic (exact) mass is 244 g/mol. The van der Waals surface area contributed by atoms with Crippen LogP contribution in [0.5, 0.6) is 0 Å². The number of hydrogen-bond acceptors (Lipinski definition) is 3. The number of nitrogens with one attached hydrogen (secondary N) is 2. The highest BCUT2D eigenvalue weighted by atomic mass is 16.4. The van der Waals surface area contributed by atoms with Gasteiger partial charge in [0.05, 0.1) is 6.54 Å². The van der Waals surface area contributed by atoms with E-state index in [1.54, 1.807) is 0 Å². The summed E-state index contributed by atoms with van der Waals surface area (Å²) in [5, 5.41) is 23.0. The number of aliphatic hydroxyl groups is 1. The van der Waals surface area contributed by atoms with E-state index < -0.39 is 17.6 Å². The van der Waals surface area contributed by atoms with Gasteiger partial charge in [0.25, 0.3) is 0 Å². The van der Waals surface area contributed by atoms with Crippen molar-refractivity contribution < 1.29 is 19.8 Å². The van der Waals surface area contributed by atoms with Gasteiger partial charge >= 0.3 is 12.0 Å². The third kappa shape index (κ3) is 3.89. The summed E-state index contributed by atoms with van der Waals surface area (Å²) in [5.41, 5.74) is -1.76. The van der Waals surface area contributed by atoms with Crippen LogP contribution in [0.3, 0.4) is 0 Å². The molecule has 1 fully saturated rings. The Balaban J connectivity index is 2.23. The Labute approximate surface area is 100 Å². The molecule has 6 heteroatoms. The summed E-state index contributed by atoms with van der Waals surface area (Å²) in [6.45, 7) is 3.51. The van der Waals surface area contributed by atoms with E-state index in [1.165, 1.54) is 6.42 Å². The molecule has 98 valence electrons. The second-order valence-corrected chi connectivity index (χ2v) is 5.28. The molecule has 1 rings (SSSR count). The lowest BCUT2D eigenvalue weighted by molar-refractivity contribution is -0.155. The Hall–Kier alpha value is -1.30. The van der Waals surface area contributed by atoms with Gasteiger partial charge in [0.15, 0.2) is 5.60 Å². The summed E-state index contributed by atoms with van der Waals surface area (Å²) in [6.07, 6.45) is 3.38. The van der Waals surface area contributed by atoms with Crippen molar-refractivity contribution in [1.82, 2.24) is 10.6 Å². The van der Waals surface area contributed by atoms with Crippen LogP contribution in [-0.2, 0) is 4.79 Å². The number of rotatable bonds is 5. The number of amides is 2. The summed E-state index contributed by atoms with van der Waals surface area (Å²) in [4.78, 5) is 22.0. The molecule has 17 heavy (non-hydrogen) atoms. The van der Waals surface area contributed by atoms with Gasteiger partial charge in [0.1, 0.15) is 0 Å². The lowest BCUT2D eigenvalue weighted by atomic mass is 9.70. The SMILES string of the molecule is CC1(CNC(=O)NCC(C)(O)C(=O)O)CCC1. The number of carbonyl (C=O) groups excluding carboxylic acids is 1. The molecule has 0 spiro atoms. The highest BCUT2D eigenvalue weighted by molar-refractivity contribution is 5.79. The fourth-order valence-corrected chi connectivity index (χ4v) is 1.64. The van der Waals surface area contributed by atoms with Crippen molar-refractivity contribution in [2.45, 2.75) is 38.7 Å². The molecule has 1 saturated carbocycles. The van der Waals surface area contributed by atoms with Crippen molar-refractivity contribution >= 4 is 12.0 Å². The highest BCUT2D eigenvalue weighted by Gasteiger charge is 2.33. The molecule has 0 aliphatic heterocycles. The van der Waals surface area contributed by atoms with E-state index in [9.17, 15) is 14.7 Å². The van der Waals surface area contributed by atoms with Gasteiger partial charge < -0.3 is 20.8 Å². The zero-order valence-corrected chi connectivity index (χ0v) is 10.2. The Kier molecular flexibility index (Phi) is 3.98. The van der Waals surface area contributed by atoms with E-state index in [2.05, 4.69) is 17.6 Å². The summed E-state index contributed by atoms with van der Waals surface area (Å²) < 4.78 is 0. The van der Waals surface area contributed by atoms with E-state index in [4.69, 9.17) is 5.11 Å². The molecular formula is C11H20N2O4. The Morgan fingerprint density at radius 3 is 2.35 bits per heavy atom. The smallest absolute Gasteiger partial charge is 0.337 e. The second-order valence-electron chi connectivity index (χ2n) is 5.28. The van der Waals surface area contributed by atoms with Gasteiger partial charge in [-0.15, -0.1) is 0 Å². The first-order chi connectivity index (χ1) is 7.75. The van der Waals surface area contributed by atoms with Gasteiger partial charge in [-0.2, -0.15) is 0 Å². The van der Waals surface area contributed by atoms with E-state index in [-0.39, 0.29) is 12.0 Å². The molecule has 0 radical (unpaired) electrons. The van der Waals surface area contributed by atoms with E-state index in [1.807, 2.05) is 0 Å². The largest absolute Gasteiger partial charge is 0.479 e. The molecule has 4 N–H and O–H groups in total. The van der Waals surface area contributed by atoms with E-state index >= 15 is 0 Å². The van der Waals surface area contributed by atoms with Crippen LogP contribution in [-0.4, -0.2) is 40.9 Å². The van der Waals surface area contributed by atoms with Crippen molar-refractivity contribution in [3.8, 4) is 0 Å². The molecule has 0 aromatic rings. The number of carbonyl (C=O) groups is 2. The van der Waals surface area contributed by atoms with Crippen LogP contribution in [0, 0.1) is 5.41 Å². The van der Waals surface area contributed by atoms with Crippen molar-refractivity contribution in [1.29, 1.82) is 0 Å². The van der Waals surface area contributed by atoms with Gasteiger partial charge in [-0.1, -0.05) is 13.3 Å². The van der Waals surface area contributed by atoms with Crippen LogP contribution in [0.15, 0.2) is 0 Å². The maximum absolute atomic E-state index is 11.4. The van der Waals surface area contributed by atoms with Crippen LogP contribution in [0.4, 0.5) is 4.79 Å². The second kappa shape index (κ2) is 4.91. The van der Waals surface area contributed by atoms with Crippen molar-refractivity contribution in [3.63, 3.8) is 0 Å². The van der Waals surface area contributed by atoms with E-state index in [0.29, 0.717) is 6.54 Å². The topological polar surface area (TPSA) is 98.7 Å². The molecular weight excluding hydrogens is 224 g/mol. The molecule has 2 amide bonds. The van der Waals surface area contributed by atoms with Crippen LogP contribution in [0.25, 0.3) is 0 Å². The van der Waals surface area contributed by atoms with Crippen LogP contribution in [0.2, 0.25) is 0 Å². The molecule has 0 aromatic heterocycles. The first-order valence-corrected chi connectivity index (χ1v) is 5.73. The molecule has 1 atom stereocenters. The minimum absolute atomic E-state index is 0.173. The third-order valence-corrected chi connectivity index (χ3v) is 3.29. The predicted octanol–water partition coefficient (Wildman–Crippen LogP) is 0.311. The molecule has 1 unspecified atom stereocenters. The lowest BCUT2D eigenvalue weighted by Crippen LogP contribution is -2.50. The number of carboxylic acid groups (broad SMARTS) is 1. The predicted molar refractivity (Wildman–Crippen MR) is 61.6 cm³/mol. The number of hydrogen-bond donors (Lipinski definition) is 4. The van der Waals surface area contributed by atoms with Gasteiger partial charge in [-0.25, -0.2) is 9.59 Å². The molecule has 0 aromatic carbocycles. The average Bonchev–Trinajstić information content (AvgIpc) is 2.20. The standard InChI is InChI=1S/C11H20N2O4/c1-10(4-3-5-10)6-12-9(16)13-7-11(2,17)8(14)15/h17H,3-7H2,1-2H3,(H,14,15)(H2,12,13,16). The summed E-state index contributed by atoms with van der Waals surface area (Å²) in [6, 6.07) is -0.445. The number of carboxylic acids is 1. The molecule has 0 heterocycles. The Bertz CT molecular complexity index is 311. The van der Waals surface area contributed by atoms with Crippen LogP contribution in [0.1, 0.15) is 33.1 Å². The Morgan fingerprint density at radius 2 is 1.94 bits per heavy atom. The molecule has 6 nitrogen and oxygen atoms in total. The zero-order valence-electron chi connectivity index (χ0n) is 10.2. The molecule has 0 saturated heterocycles. The molecule has 0 bridgehead atoms. The quantitative estimate of drug-likeness (QED) is 0.559. The molecule has 1 aliphatic carbocycles. The number of urea groups is 1. The fraction of sp³-hybridized carbons (Fsp3) is 0.818. The first kappa shape index (κ1) is 13.8. The van der Waals surface area contributed by atoms with Crippen molar-refractivity contribution in [3.05, 3.63) is 0 Å². The van der Waals surface area contributed by atoms with Gasteiger partial charge in [-0.3, -0.25) is 0 Å². The van der Waals surface area contributed by atoms with Gasteiger partial charge in [0, 0.05) is 6.54 Å². The normalized spacial score (nSPS) is 20.9. The highest BCUT2D eigenvalue weighted by Crippen LogP contribution is 2.39. The van der Waals surface area contributed by atoms with E-state index in [0.717, 1.165) is 19.8 Å². The third-order valence-electron chi connectivity index (χ3n) is 3.29. The van der Waals surface area contributed by atoms with Crippen LogP contribution >= 0.6 is 0 Å². The molecule has 1 aliphatic rings. The Morgan fingerprint density at radius 1 is 1.35 bits per heavy atom. The average molecular weight is 244 g/mol. The number of aliphatic carboxylic acids is 1. The maximum atomic E-state index is 11.4. The van der Waals surface area contributed by atoms with Gasteiger partial charge in [-0.05, 0) is 25.2 Å².